The quantitative estimate of drug-likeness (QED) is 0.650. The second kappa shape index (κ2) is 5.75. The first-order valence-corrected chi connectivity index (χ1v) is 4.06. The molecule has 0 rings (SSSR count). The third-order valence-corrected chi connectivity index (χ3v) is 1.66. The third-order valence-electron chi connectivity index (χ3n) is 1.66. The molecule has 0 fully saturated rings. The van der Waals surface area contributed by atoms with Crippen molar-refractivity contribution in [3.05, 3.63) is 12.2 Å². The highest BCUT2D eigenvalue weighted by molar-refractivity contribution is 5.69. The summed E-state index contributed by atoms with van der Waals surface area (Å²) >= 11 is 0. The summed E-state index contributed by atoms with van der Waals surface area (Å²) in [7, 11) is 0. The van der Waals surface area contributed by atoms with Gasteiger partial charge in [0, 0.05) is 0 Å². The van der Waals surface area contributed by atoms with Crippen LogP contribution in [0.4, 0.5) is 4.39 Å². The summed E-state index contributed by atoms with van der Waals surface area (Å²) in [6.07, 6.45) is 2.85. The van der Waals surface area contributed by atoms with Crippen molar-refractivity contribution >= 4 is 5.97 Å². The largest absolute Gasteiger partial charge is 0.481 e. The van der Waals surface area contributed by atoms with Gasteiger partial charge in [-0.15, -0.1) is 0 Å². The number of carboxylic acids is 1. The minimum Gasteiger partial charge on any atom is -0.481 e. The molecule has 0 aliphatic rings. The molecule has 12 heavy (non-hydrogen) atoms. The molecule has 0 spiro atoms. The summed E-state index contributed by atoms with van der Waals surface area (Å²) in [6, 6.07) is 0. The molecule has 3 heteroatoms. The number of halogens is 1. The van der Waals surface area contributed by atoms with Crippen LogP contribution < -0.4 is 0 Å². The fourth-order valence-electron chi connectivity index (χ4n) is 0.864. The van der Waals surface area contributed by atoms with Crippen molar-refractivity contribution in [3.63, 3.8) is 0 Å². The number of carbonyl (C=O) groups is 1. The second-order valence-electron chi connectivity index (χ2n) is 2.88. The van der Waals surface area contributed by atoms with Gasteiger partial charge in [-0.3, -0.25) is 4.79 Å². The van der Waals surface area contributed by atoms with E-state index in [0.29, 0.717) is 6.42 Å². The Balaban J connectivity index is 3.68. The first-order chi connectivity index (χ1) is 5.57. The minimum absolute atomic E-state index is 0.0969. The second-order valence-corrected chi connectivity index (χ2v) is 2.88. The number of hydrogen-bond donors (Lipinski definition) is 1. The van der Waals surface area contributed by atoms with E-state index < -0.39 is 18.1 Å². The highest BCUT2D eigenvalue weighted by Crippen LogP contribution is 2.12. The van der Waals surface area contributed by atoms with Crippen LogP contribution in [0.5, 0.6) is 0 Å². The Morgan fingerprint density at radius 3 is 2.67 bits per heavy atom. The van der Waals surface area contributed by atoms with Crippen molar-refractivity contribution in [1.82, 2.24) is 0 Å². The monoisotopic (exact) mass is 174 g/mol. The SMILES string of the molecule is CC=CCC(F)CC(C)C(=O)O. The highest BCUT2D eigenvalue weighted by atomic mass is 19.1. The van der Waals surface area contributed by atoms with E-state index in [9.17, 15) is 9.18 Å². The highest BCUT2D eigenvalue weighted by Gasteiger charge is 2.16. The zero-order valence-corrected chi connectivity index (χ0v) is 7.46. The topological polar surface area (TPSA) is 37.3 Å². The van der Waals surface area contributed by atoms with Crippen molar-refractivity contribution in [2.45, 2.75) is 32.9 Å². The van der Waals surface area contributed by atoms with E-state index in [-0.39, 0.29) is 6.42 Å². The van der Waals surface area contributed by atoms with E-state index in [2.05, 4.69) is 0 Å². The van der Waals surface area contributed by atoms with Crippen LogP contribution in [0.2, 0.25) is 0 Å². The van der Waals surface area contributed by atoms with Crippen LogP contribution in [0.25, 0.3) is 0 Å². The molecule has 0 heterocycles. The molecule has 0 saturated carbocycles. The molecule has 1 N–H and O–H groups in total. The molecule has 2 nitrogen and oxygen atoms in total. The average molecular weight is 174 g/mol. The predicted molar refractivity (Wildman–Crippen MR) is 45.7 cm³/mol. The standard InChI is InChI=1S/C9H15FO2/c1-3-4-5-8(10)6-7(2)9(11)12/h3-4,7-8H,5-6H2,1-2H3,(H,11,12). The van der Waals surface area contributed by atoms with E-state index in [0.717, 1.165) is 0 Å². The van der Waals surface area contributed by atoms with Gasteiger partial charge in [0.2, 0.25) is 0 Å². The molecule has 0 aromatic heterocycles. The Morgan fingerprint density at radius 1 is 1.67 bits per heavy atom. The Bertz CT molecular complexity index is 166. The summed E-state index contributed by atoms with van der Waals surface area (Å²) in [5.41, 5.74) is 0. The molecule has 0 aromatic carbocycles. The molecule has 0 aliphatic carbocycles. The number of aliphatic carboxylic acids is 1. The summed E-state index contributed by atoms with van der Waals surface area (Å²) < 4.78 is 12.9. The molecule has 0 saturated heterocycles. The third kappa shape index (κ3) is 4.88. The molecule has 0 amide bonds. The summed E-state index contributed by atoms with van der Waals surface area (Å²) in [5.74, 6) is -1.52. The van der Waals surface area contributed by atoms with Gasteiger partial charge in [0.05, 0.1) is 5.92 Å². The van der Waals surface area contributed by atoms with Crippen LogP contribution in [0.1, 0.15) is 26.7 Å². The van der Waals surface area contributed by atoms with Crippen LogP contribution in [0.3, 0.4) is 0 Å². The lowest BCUT2D eigenvalue weighted by atomic mass is 10.0. The molecule has 2 unspecified atom stereocenters. The zero-order valence-electron chi connectivity index (χ0n) is 7.46. The number of carboxylic acid groups (broad SMARTS) is 1. The molecule has 70 valence electrons. The molecular weight excluding hydrogens is 159 g/mol. The average Bonchev–Trinajstić information content (AvgIpc) is 2.00. The van der Waals surface area contributed by atoms with Crippen molar-refractivity contribution < 1.29 is 14.3 Å². The van der Waals surface area contributed by atoms with Gasteiger partial charge >= 0.3 is 5.97 Å². The van der Waals surface area contributed by atoms with E-state index >= 15 is 0 Å². The smallest absolute Gasteiger partial charge is 0.306 e. The van der Waals surface area contributed by atoms with Gasteiger partial charge in [-0.2, -0.15) is 0 Å². The normalized spacial score (nSPS) is 16.2. The first kappa shape index (κ1) is 11.1. The number of allylic oxidation sites excluding steroid dienone is 2. The van der Waals surface area contributed by atoms with Gasteiger partial charge in [0.1, 0.15) is 6.17 Å². The van der Waals surface area contributed by atoms with E-state index in [1.807, 2.05) is 6.92 Å². The van der Waals surface area contributed by atoms with Gasteiger partial charge in [0.25, 0.3) is 0 Å². The molecule has 0 aliphatic heterocycles. The number of hydrogen-bond acceptors (Lipinski definition) is 1. The maximum atomic E-state index is 12.9. The van der Waals surface area contributed by atoms with E-state index in [4.69, 9.17) is 5.11 Å². The molecule has 2 atom stereocenters. The Hall–Kier alpha value is -0.860. The van der Waals surface area contributed by atoms with Crippen molar-refractivity contribution in [3.8, 4) is 0 Å². The first-order valence-electron chi connectivity index (χ1n) is 4.06. The Morgan fingerprint density at radius 2 is 2.25 bits per heavy atom. The van der Waals surface area contributed by atoms with Gasteiger partial charge in [0.15, 0.2) is 0 Å². The van der Waals surface area contributed by atoms with Gasteiger partial charge in [-0.05, 0) is 19.8 Å². The van der Waals surface area contributed by atoms with Gasteiger partial charge < -0.3 is 5.11 Å². The lowest BCUT2D eigenvalue weighted by Gasteiger charge is -2.08. The fourth-order valence-corrected chi connectivity index (χ4v) is 0.864. The van der Waals surface area contributed by atoms with Gasteiger partial charge in [-0.25, -0.2) is 4.39 Å². The minimum atomic E-state index is -1.03. The lowest BCUT2D eigenvalue weighted by Crippen LogP contribution is -2.14. The Labute approximate surface area is 72.1 Å². The molecule has 0 radical (unpaired) electrons. The van der Waals surface area contributed by atoms with Crippen LogP contribution >= 0.6 is 0 Å². The lowest BCUT2D eigenvalue weighted by molar-refractivity contribution is -0.141. The van der Waals surface area contributed by atoms with Crippen molar-refractivity contribution in [2.75, 3.05) is 0 Å². The van der Waals surface area contributed by atoms with Crippen LogP contribution in [0.15, 0.2) is 12.2 Å². The number of rotatable bonds is 5. The van der Waals surface area contributed by atoms with Gasteiger partial charge in [-0.1, -0.05) is 19.1 Å². The van der Waals surface area contributed by atoms with Crippen molar-refractivity contribution in [2.24, 2.45) is 5.92 Å². The van der Waals surface area contributed by atoms with E-state index in [1.54, 1.807) is 12.2 Å². The predicted octanol–water partition coefficient (Wildman–Crippen LogP) is 2.40. The van der Waals surface area contributed by atoms with Crippen LogP contribution in [-0.4, -0.2) is 17.2 Å². The summed E-state index contributed by atoms with van der Waals surface area (Å²) in [4.78, 5) is 10.3. The van der Waals surface area contributed by atoms with Crippen LogP contribution in [-0.2, 0) is 4.79 Å². The molecular formula is C9H15FO2. The Kier molecular flexibility index (Phi) is 5.34. The molecule has 0 aromatic rings. The summed E-state index contributed by atoms with van der Waals surface area (Å²) in [6.45, 7) is 3.33. The summed E-state index contributed by atoms with van der Waals surface area (Å²) in [5, 5.41) is 8.47. The molecule has 0 bridgehead atoms. The van der Waals surface area contributed by atoms with Crippen molar-refractivity contribution in [1.29, 1.82) is 0 Å². The maximum Gasteiger partial charge on any atom is 0.306 e. The fraction of sp³-hybridized carbons (Fsp3) is 0.667. The zero-order chi connectivity index (χ0) is 9.56. The number of alkyl halides is 1. The maximum absolute atomic E-state index is 12.9. The van der Waals surface area contributed by atoms with E-state index in [1.165, 1.54) is 6.92 Å². The van der Waals surface area contributed by atoms with Crippen LogP contribution in [0, 0.1) is 5.92 Å².